The smallest absolute Gasteiger partial charge is 0.344 e. The average molecular weight is 236 g/mol. The van der Waals surface area contributed by atoms with E-state index in [1.807, 2.05) is 0 Å². The molecule has 1 rings (SSSR count). The van der Waals surface area contributed by atoms with Crippen LogP contribution in [0.4, 0.5) is 5.69 Å². The lowest BCUT2D eigenvalue weighted by Gasteiger charge is -2.10. The summed E-state index contributed by atoms with van der Waals surface area (Å²) < 4.78 is 4.92. The summed E-state index contributed by atoms with van der Waals surface area (Å²) in [5.41, 5.74) is -0.329. The number of nitriles is 1. The van der Waals surface area contributed by atoms with Crippen LogP contribution in [0.1, 0.15) is 12.5 Å². The van der Waals surface area contributed by atoms with Crippen molar-refractivity contribution in [3.8, 4) is 11.8 Å². The predicted molar refractivity (Wildman–Crippen MR) is 55.5 cm³/mol. The predicted octanol–water partition coefficient (Wildman–Crippen LogP) is 1.32. The van der Waals surface area contributed by atoms with Crippen LogP contribution >= 0.6 is 0 Å². The lowest BCUT2D eigenvalue weighted by Crippen LogP contribution is -2.23. The number of carbonyl (C=O) groups is 1. The normalized spacial score (nSPS) is 11.3. The van der Waals surface area contributed by atoms with Crippen molar-refractivity contribution in [1.82, 2.24) is 0 Å². The average Bonchev–Trinajstić information content (AvgIpc) is 2.29. The number of carboxylic acids is 1. The van der Waals surface area contributed by atoms with Crippen molar-refractivity contribution < 1.29 is 19.6 Å². The van der Waals surface area contributed by atoms with E-state index in [1.54, 1.807) is 6.07 Å². The molecule has 0 unspecified atom stereocenters. The van der Waals surface area contributed by atoms with Crippen LogP contribution in [-0.2, 0) is 4.79 Å². The highest BCUT2D eigenvalue weighted by Crippen LogP contribution is 2.28. The second-order valence-electron chi connectivity index (χ2n) is 3.15. The molecule has 0 bridgehead atoms. The van der Waals surface area contributed by atoms with Crippen LogP contribution in [0.25, 0.3) is 0 Å². The van der Waals surface area contributed by atoms with E-state index in [-0.39, 0.29) is 11.3 Å². The minimum absolute atomic E-state index is 0.104. The number of nitro groups is 1. The zero-order valence-corrected chi connectivity index (χ0v) is 8.78. The number of benzene rings is 1. The van der Waals surface area contributed by atoms with Crippen LogP contribution in [0, 0.1) is 21.4 Å². The zero-order valence-electron chi connectivity index (χ0n) is 8.78. The van der Waals surface area contributed by atoms with E-state index < -0.39 is 22.7 Å². The van der Waals surface area contributed by atoms with Crippen LogP contribution in [0.15, 0.2) is 18.2 Å². The second kappa shape index (κ2) is 4.94. The number of ether oxygens (including phenoxy) is 1. The summed E-state index contributed by atoms with van der Waals surface area (Å²) in [5.74, 6) is -1.41. The summed E-state index contributed by atoms with van der Waals surface area (Å²) >= 11 is 0. The van der Waals surface area contributed by atoms with Gasteiger partial charge in [0, 0.05) is 6.07 Å². The largest absolute Gasteiger partial charge is 0.479 e. The molecule has 0 saturated carbocycles. The van der Waals surface area contributed by atoms with Gasteiger partial charge in [-0.1, -0.05) is 0 Å². The third-order valence-electron chi connectivity index (χ3n) is 1.94. The Morgan fingerprint density at radius 2 is 2.29 bits per heavy atom. The summed E-state index contributed by atoms with van der Waals surface area (Å²) in [6, 6.07) is 5.30. The van der Waals surface area contributed by atoms with Crippen molar-refractivity contribution in [3.05, 3.63) is 33.9 Å². The number of aliphatic carboxylic acids is 1. The Morgan fingerprint density at radius 1 is 1.65 bits per heavy atom. The molecule has 1 atom stereocenters. The molecule has 0 radical (unpaired) electrons. The second-order valence-corrected chi connectivity index (χ2v) is 3.15. The van der Waals surface area contributed by atoms with E-state index in [9.17, 15) is 14.9 Å². The quantitative estimate of drug-likeness (QED) is 0.622. The molecular formula is C10H8N2O5. The fraction of sp³-hybridized carbons (Fsp3) is 0.200. The van der Waals surface area contributed by atoms with Gasteiger partial charge in [-0.25, -0.2) is 4.79 Å². The number of nitrogens with zero attached hydrogens (tertiary/aromatic N) is 2. The molecule has 0 aliphatic heterocycles. The van der Waals surface area contributed by atoms with Gasteiger partial charge >= 0.3 is 11.7 Å². The Labute approximate surface area is 96.0 Å². The van der Waals surface area contributed by atoms with Gasteiger partial charge in [0.1, 0.15) is 0 Å². The molecule has 7 nitrogen and oxygen atoms in total. The molecule has 17 heavy (non-hydrogen) atoms. The van der Waals surface area contributed by atoms with Gasteiger partial charge in [0.25, 0.3) is 0 Å². The van der Waals surface area contributed by atoms with Gasteiger partial charge in [0.05, 0.1) is 16.6 Å². The van der Waals surface area contributed by atoms with Gasteiger partial charge in [-0.3, -0.25) is 10.1 Å². The molecule has 1 aromatic carbocycles. The lowest BCUT2D eigenvalue weighted by molar-refractivity contribution is -0.386. The van der Waals surface area contributed by atoms with E-state index in [0.717, 1.165) is 6.07 Å². The van der Waals surface area contributed by atoms with E-state index >= 15 is 0 Å². The van der Waals surface area contributed by atoms with Crippen LogP contribution in [0.2, 0.25) is 0 Å². The molecule has 0 heterocycles. The standard InChI is InChI=1S/C10H8N2O5/c1-6(10(13)14)17-9-3-2-7(5-11)4-8(9)12(15)16/h2-4,6H,1H3,(H,13,14)/t6-/m0/s1. The Balaban J connectivity index is 3.12. The molecule has 1 aromatic rings. The van der Waals surface area contributed by atoms with Gasteiger partial charge in [-0.15, -0.1) is 0 Å². The van der Waals surface area contributed by atoms with Crippen molar-refractivity contribution in [1.29, 1.82) is 5.26 Å². The minimum Gasteiger partial charge on any atom is -0.479 e. The molecule has 0 spiro atoms. The topological polar surface area (TPSA) is 113 Å². The molecule has 88 valence electrons. The van der Waals surface area contributed by atoms with Crippen LogP contribution in [-0.4, -0.2) is 22.1 Å². The van der Waals surface area contributed by atoms with E-state index in [1.165, 1.54) is 19.1 Å². The van der Waals surface area contributed by atoms with Gasteiger partial charge < -0.3 is 9.84 Å². The van der Waals surface area contributed by atoms with E-state index in [0.29, 0.717) is 0 Å². The molecular weight excluding hydrogens is 228 g/mol. The Kier molecular flexibility index (Phi) is 3.62. The Morgan fingerprint density at radius 3 is 2.76 bits per heavy atom. The summed E-state index contributed by atoms with van der Waals surface area (Å²) in [6.07, 6.45) is -1.21. The highest BCUT2D eigenvalue weighted by molar-refractivity contribution is 5.72. The Hall–Kier alpha value is -2.62. The van der Waals surface area contributed by atoms with E-state index in [2.05, 4.69) is 0 Å². The number of hydrogen-bond donors (Lipinski definition) is 1. The summed E-state index contributed by atoms with van der Waals surface area (Å²) in [7, 11) is 0. The van der Waals surface area contributed by atoms with Gasteiger partial charge in [-0.2, -0.15) is 5.26 Å². The monoisotopic (exact) mass is 236 g/mol. The van der Waals surface area contributed by atoms with Crippen molar-refractivity contribution in [3.63, 3.8) is 0 Å². The van der Waals surface area contributed by atoms with Gasteiger partial charge in [0.2, 0.25) is 0 Å². The molecule has 0 aromatic heterocycles. The minimum atomic E-state index is -1.23. The van der Waals surface area contributed by atoms with Gasteiger partial charge in [0.15, 0.2) is 11.9 Å². The molecule has 1 N–H and O–H groups in total. The maximum Gasteiger partial charge on any atom is 0.344 e. The molecule has 0 aliphatic carbocycles. The number of nitro benzene ring substituents is 1. The lowest BCUT2D eigenvalue weighted by atomic mass is 10.2. The fourth-order valence-corrected chi connectivity index (χ4v) is 1.07. The molecule has 0 amide bonds. The summed E-state index contributed by atoms with van der Waals surface area (Å²) in [5, 5.41) is 27.9. The maximum absolute atomic E-state index is 10.7. The first kappa shape index (κ1) is 12.4. The molecule has 7 heteroatoms. The third-order valence-corrected chi connectivity index (χ3v) is 1.94. The van der Waals surface area contributed by atoms with Crippen LogP contribution < -0.4 is 4.74 Å². The SMILES string of the molecule is C[C@H](Oc1ccc(C#N)cc1[N+](=O)[O-])C(=O)O. The summed E-state index contributed by atoms with van der Waals surface area (Å²) in [4.78, 5) is 20.5. The first-order valence-corrected chi connectivity index (χ1v) is 4.53. The number of rotatable bonds is 4. The maximum atomic E-state index is 10.7. The zero-order chi connectivity index (χ0) is 13.0. The number of carboxylic acid groups (broad SMARTS) is 1. The van der Waals surface area contributed by atoms with Crippen molar-refractivity contribution in [2.45, 2.75) is 13.0 Å². The van der Waals surface area contributed by atoms with Crippen LogP contribution in [0.3, 0.4) is 0 Å². The Bertz CT molecular complexity index is 506. The molecule has 0 saturated heterocycles. The van der Waals surface area contributed by atoms with Crippen molar-refractivity contribution in [2.24, 2.45) is 0 Å². The molecule has 0 aliphatic rings. The first-order valence-electron chi connectivity index (χ1n) is 4.53. The summed E-state index contributed by atoms with van der Waals surface area (Å²) in [6.45, 7) is 1.25. The number of hydrogen-bond acceptors (Lipinski definition) is 5. The van der Waals surface area contributed by atoms with Crippen LogP contribution in [0.5, 0.6) is 5.75 Å². The molecule has 0 fully saturated rings. The first-order chi connectivity index (χ1) is 7.95. The van der Waals surface area contributed by atoms with Crippen molar-refractivity contribution >= 4 is 11.7 Å². The fourth-order valence-electron chi connectivity index (χ4n) is 1.07. The third kappa shape index (κ3) is 2.92. The highest BCUT2D eigenvalue weighted by Gasteiger charge is 2.21. The van der Waals surface area contributed by atoms with E-state index in [4.69, 9.17) is 15.1 Å². The highest BCUT2D eigenvalue weighted by atomic mass is 16.6. The van der Waals surface area contributed by atoms with Gasteiger partial charge in [-0.05, 0) is 19.1 Å². The van der Waals surface area contributed by atoms with Crippen molar-refractivity contribution in [2.75, 3.05) is 0 Å².